The molecule has 12 heavy (non-hydrogen) atoms. The molecule has 0 aliphatic heterocycles. The third-order valence-electron chi connectivity index (χ3n) is 4.29. The van der Waals surface area contributed by atoms with Gasteiger partial charge in [-0.25, -0.2) is 0 Å². The summed E-state index contributed by atoms with van der Waals surface area (Å²) in [6.07, 6.45) is 1.87. The topological polar surface area (TPSA) is 40.5 Å². The minimum absolute atomic E-state index is 0.144. The SMILES string of the molecule is CC1(C)[C@H]2C[C@H](O)[C@@H](CO)[C@@H]1C2. The second kappa shape index (κ2) is 2.46. The first kappa shape index (κ1) is 8.52. The molecule has 2 N–H and O–H groups in total. The van der Waals surface area contributed by atoms with Crippen LogP contribution in [0, 0.1) is 23.2 Å². The van der Waals surface area contributed by atoms with Crippen LogP contribution in [0.15, 0.2) is 0 Å². The molecule has 0 aromatic rings. The highest BCUT2D eigenvalue weighted by atomic mass is 16.3. The van der Waals surface area contributed by atoms with Gasteiger partial charge in [-0.1, -0.05) is 13.8 Å². The quantitative estimate of drug-likeness (QED) is 0.617. The van der Waals surface area contributed by atoms with Gasteiger partial charge >= 0.3 is 0 Å². The van der Waals surface area contributed by atoms with Crippen molar-refractivity contribution in [3.05, 3.63) is 0 Å². The Kier molecular flexibility index (Phi) is 1.74. The van der Waals surface area contributed by atoms with Crippen LogP contribution in [0.3, 0.4) is 0 Å². The molecule has 0 heterocycles. The van der Waals surface area contributed by atoms with Crippen LogP contribution in [0.25, 0.3) is 0 Å². The number of hydrogen-bond donors (Lipinski definition) is 2. The summed E-state index contributed by atoms with van der Waals surface area (Å²) in [7, 11) is 0. The van der Waals surface area contributed by atoms with Gasteiger partial charge in [-0.3, -0.25) is 0 Å². The highest BCUT2D eigenvalue weighted by Gasteiger charge is 2.57. The lowest BCUT2D eigenvalue weighted by molar-refractivity contribution is -0.170. The van der Waals surface area contributed by atoms with Gasteiger partial charge in [0.1, 0.15) is 0 Å². The molecule has 0 unspecified atom stereocenters. The predicted molar refractivity (Wildman–Crippen MR) is 46.6 cm³/mol. The van der Waals surface area contributed by atoms with Gasteiger partial charge in [0.2, 0.25) is 0 Å². The normalized spacial score (nSPS) is 50.0. The molecular formula is C10H18O2. The van der Waals surface area contributed by atoms with Crippen molar-refractivity contribution in [1.82, 2.24) is 0 Å². The average Bonchev–Trinajstić information content (AvgIpc) is 2.03. The molecule has 0 radical (unpaired) electrons. The average molecular weight is 170 g/mol. The Labute approximate surface area is 73.6 Å². The summed E-state index contributed by atoms with van der Waals surface area (Å²) in [4.78, 5) is 0. The fourth-order valence-electron chi connectivity index (χ4n) is 3.17. The Hall–Kier alpha value is -0.0800. The third-order valence-corrected chi connectivity index (χ3v) is 4.29. The van der Waals surface area contributed by atoms with E-state index in [2.05, 4.69) is 13.8 Å². The van der Waals surface area contributed by atoms with Gasteiger partial charge < -0.3 is 10.2 Å². The van der Waals surface area contributed by atoms with Crippen LogP contribution in [0.2, 0.25) is 0 Å². The molecule has 0 saturated heterocycles. The molecule has 3 aliphatic rings. The lowest BCUT2D eigenvalue weighted by Crippen LogP contribution is -2.58. The number of rotatable bonds is 1. The van der Waals surface area contributed by atoms with E-state index < -0.39 is 0 Å². The molecule has 0 aromatic heterocycles. The van der Waals surface area contributed by atoms with E-state index in [9.17, 15) is 5.11 Å². The van der Waals surface area contributed by atoms with Gasteiger partial charge in [0, 0.05) is 12.5 Å². The molecule has 3 aliphatic carbocycles. The molecule has 3 saturated carbocycles. The molecule has 3 rings (SSSR count). The van der Waals surface area contributed by atoms with E-state index in [4.69, 9.17) is 5.11 Å². The van der Waals surface area contributed by atoms with Crippen molar-refractivity contribution in [2.45, 2.75) is 32.8 Å². The Morgan fingerprint density at radius 2 is 2.00 bits per heavy atom. The molecule has 4 atom stereocenters. The number of fused-ring (bicyclic) bond motifs is 2. The minimum Gasteiger partial charge on any atom is -0.396 e. The summed E-state index contributed by atoms with van der Waals surface area (Å²) in [6.45, 7) is 4.68. The maximum absolute atomic E-state index is 9.64. The van der Waals surface area contributed by atoms with Gasteiger partial charge in [-0.05, 0) is 30.1 Å². The zero-order valence-corrected chi connectivity index (χ0v) is 7.83. The third kappa shape index (κ3) is 0.882. The summed E-state index contributed by atoms with van der Waals surface area (Å²) in [5.74, 6) is 1.39. The van der Waals surface area contributed by atoms with Crippen LogP contribution < -0.4 is 0 Å². The highest BCUT2D eigenvalue weighted by Crippen LogP contribution is 2.61. The van der Waals surface area contributed by atoms with E-state index in [1.807, 2.05) is 0 Å². The van der Waals surface area contributed by atoms with E-state index in [0.29, 0.717) is 17.3 Å². The number of aliphatic hydroxyl groups excluding tert-OH is 2. The van der Waals surface area contributed by atoms with Gasteiger partial charge in [-0.2, -0.15) is 0 Å². The zero-order valence-electron chi connectivity index (χ0n) is 7.83. The van der Waals surface area contributed by atoms with Gasteiger partial charge in [-0.15, -0.1) is 0 Å². The van der Waals surface area contributed by atoms with Crippen molar-refractivity contribution in [3.8, 4) is 0 Å². The van der Waals surface area contributed by atoms with E-state index in [1.165, 1.54) is 6.42 Å². The molecule has 70 valence electrons. The Balaban J connectivity index is 2.15. The van der Waals surface area contributed by atoms with Crippen molar-refractivity contribution in [2.75, 3.05) is 6.61 Å². The second-order valence-corrected chi connectivity index (χ2v) is 5.01. The zero-order chi connectivity index (χ0) is 8.93. The molecule has 2 nitrogen and oxygen atoms in total. The van der Waals surface area contributed by atoms with E-state index in [-0.39, 0.29) is 18.6 Å². The lowest BCUT2D eigenvalue weighted by Gasteiger charge is -2.61. The predicted octanol–water partition coefficient (Wildman–Crippen LogP) is 1.02. The minimum atomic E-state index is -0.244. The summed E-state index contributed by atoms with van der Waals surface area (Å²) >= 11 is 0. The molecular weight excluding hydrogens is 152 g/mol. The van der Waals surface area contributed by atoms with Gasteiger partial charge in [0.05, 0.1) is 6.10 Å². The second-order valence-electron chi connectivity index (χ2n) is 5.01. The fraction of sp³-hybridized carbons (Fsp3) is 1.00. The first-order chi connectivity index (χ1) is 5.57. The smallest absolute Gasteiger partial charge is 0.0596 e. The number of hydrogen-bond acceptors (Lipinski definition) is 2. The van der Waals surface area contributed by atoms with Crippen LogP contribution >= 0.6 is 0 Å². The molecule has 0 amide bonds. The standard InChI is InChI=1S/C10H18O2/c1-10(2)6-3-8(10)7(5-11)9(12)4-6/h6-9,11-12H,3-5H2,1-2H3/t6-,7+,8+,9+/m1/s1. The van der Waals surface area contributed by atoms with Crippen molar-refractivity contribution < 1.29 is 10.2 Å². The lowest BCUT2D eigenvalue weighted by atomic mass is 9.45. The maximum Gasteiger partial charge on any atom is 0.0596 e. The van der Waals surface area contributed by atoms with E-state index >= 15 is 0 Å². The molecule has 0 aromatic carbocycles. The molecule has 2 bridgehead atoms. The number of aliphatic hydroxyl groups is 2. The molecule has 0 spiro atoms. The van der Waals surface area contributed by atoms with E-state index in [1.54, 1.807) is 0 Å². The Bertz CT molecular complexity index is 188. The fourth-order valence-corrected chi connectivity index (χ4v) is 3.17. The van der Waals surface area contributed by atoms with Gasteiger partial charge in [0.25, 0.3) is 0 Å². The van der Waals surface area contributed by atoms with Gasteiger partial charge in [0.15, 0.2) is 0 Å². The summed E-state index contributed by atoms with van der Waals surface area (Å²) < 4.78 is 0. The van der Waals surface area contributed by atoms with Crippen LogP contribution in [0.1, 0.15) is 26.7 Å². The summed E-state index contributed by atoms with van der Waals surface area (Å²) in [6, 6.07) is 0. The Morgan fingerprint density at radius 3 is 2.42 bits per heavy atom. The van der Waals surface area contributed by atoms with Crippen LogP contribution in [-0.4, -0.2) is 22.9 Å². The highest BCUT2D eigenvalue weighted by molar-refractivity contribution is 5.06. The first-order valence-electron chi connectivity index (χ1n) is 4.86. The monoisotopic (exact) mass is 170 g/mol. The van der Waals surface area contributed by atoms with Crippen molar-refractivity contribution in [3.63, 3.8) is 0 Å². The summed E-state index contributed by atoms with van der Waals surface area (Å²) in [5.41, 5.74) is 0.368. The van der Waals surface area contributed by atoms with Crippen molar-refractivity contribution in [2.24, 2.45) is 23.2 Å². The molecule has 3 fully saturated rings. The molecule has 2 heteroatoms. The van der Waals surface area contributed by atoms with Crippen molar-refractivity contribution >= 4 is 0 Å². The maximum atomic E-state index is 9.64. The first-order valence-corrected chi connectivity index (χ1v) is 4.86. The van der Waals surface area contributed by atoms with Crippen LogP contribution in [-0.2, 0) is 0 Å². The van der Waals surface area contributed by atoms with Crippen LogP contribution in [0.5, 0.6) is 0 Å². The van der Waals surface area contributed by atoms with Crippen LogP contribution in [0.4, 0.5) is 0 Å². The largest absolute Gasteiger partial charge is 0.396 e. The van der Waals surface area contributed by atoms with E-state index in [0.717, 1.165) is 6.42 Å². The summed E-state index contributed by atoms with van der Waals surface area (Å²) in [5, 5.41) is 18.8. The Morgan fingerprint density at radius 1 is 1.33 bits per heavy atom. The van der Waals surface area contributed by atoms with Crippen molar-refractivity contribution in [1.29, 1.82) is 0 Å².